The number of aliphatic hydroxyl groups is 2. The molecule has 83 heavy (non-hydrogen) atoms. The van der Waals surface area contributed by atoms with Crippen molar-refractivity contribution in [1.82, 2.24) is 5.32 Å². The van der Waals surface area contributed by atoms with Gasteiger partial charge in [0.25, 0.3) is 0 Å². The van der Waals surface area contributed by atoms with Gasteiger partial charge in [-0.2, -0.15) is 0 Å². The van der Waals surface area contributed by atoms with Crippen molar-refractivity contribution in [1.29, 1.82) is 0 Å². The lowest BCUT2D eigenvalue weighted by molar-refractivity contribution is -0.143. The van der Waals surface area contributed by atoms with Gasteiger partial charge in [-0.15, -0.1) is 0 Å². The number of unbranched alkanes of at least 4 members (excludes halogenated alkanes) is 54. The van der Waals surface area contributed by atoms with Crippen LogP contribution in [0, 0.1) is 0 Å². The predicted octanol–water partition coefficient (Wildman–Crippen LogP) is 24.7. The standard InChI is InChI=1S/C77H147NO5/c1-3-5-7-9-11-13-15-17-18-19-20-21-22-30-33-36-39-42-46-49-53-57-61-65-69-75(80)74(73-79)78-76(81)70-66-62-58-54-50-47-43-40-37-34-31-28-26-24-23-25-27-29-32-35-38-41-44-48-52-56-60-64-68-72-83-77(82)71-67-63-59-55-51-45-16-14-12-10-8-6-4-2/h8,10,14,16,23,25,74-75,79-80H,3-7,9,11-13,15,17-22,24,26-73H2,1-2H3,(H,78,81)/b10-8-,16-14-,25-23-. The molecule has 6 nitrogen and oxygen atoms in total. The number of hydrogen-bond acceptors (Lipinski definition) is 5. The molecule has 490 valence electrons. The molecule has 2 unspecified atom stereocenters. The van der Waals surface area contributed by atoms with Gasteiger partial charge in [-0.05, 0) is 77.0 Å². The van der Waals surface area contributed by atoms with E-state index in [-0.39, 0.29) is 18.5 Å². The normalized spacial score (nSPS) is 12.7. The number of carbonyl (C=O) groups excluding carboxylic acids is 2. The van der Waals surface area contributed by atoms with E-state index < -0.39 is 12.1 Å². The zero-order chi connectivity index (χ0) is 59.9. The molecule has 0 saturated heterocycles. The summed E-state index contributed by atoms with van der Waals surface area (Å²) in [5, 5.41) is 23.5. The third-order valence-electron chi connectivity index (χ3n) is 17.6. The summed E-state index contributed by atoms with van der Waals surface area (Å²) >= 11 is 0. The Morgan fingerprint density at radius 3 is 0.976 bits per heavy atom. The van der Waals surface area contributed by atoms with Crippen LogP contribution in [-0.4, -0.2) is 47.4 Å². The van der Waals surface area contributed by atoms with Crippen LogP contribution in [0.1, 0.15) is 418 Å². The third kappa shape index (κ3) is 69.1. The second-order valence-corrected chi connectivity index (χ2v) is 26.0. The number of carbonyl (C=O) groups is 2. The summed E-state index contributed by atoms with van der Waals surface area (Å²) in [7, 11) is 0. The minimum Gasteiger partial charge on any atom is -0.466 e. The molecule has 2 atom stereocenters. The fraction of sp³-hybridized carbons (Fsp3) is 0.896. The molecule has 0 aliphatic carbocycles. The van der Waals surface area contributed by atoms with Crippen LogP contribution in [-0.2, 0) is 14.3 Å². The minimum absolute atomic E-state index is 0.00169. The van der Waals surface area contributed by atoms with E-state index in [0.717, 1.165) is 51.4 Å². The molecule has 6 heteroatoms. The van der Waals surface area contributed by atoms with E-state index in [1.54, 1.807) is 0 Å². The van der Waals surface area contributed by atoms with E-state index >= 15 is 0 Å². The molecule has 1 amide bonds. The first-order valence-corrected chi connectivity index (χ1v) is 37.7. The van der Waals surface area contributed by atoms with Crippen molar-refractivity contribution in [2.45, 2.75) is 431 Å². The van der Waals surface area contributed by atoms with Crippen molar-refractivity contribution in [3.63, 3.8) is 0 Å². The fourth-order valence-electron chi connectivity index (χ4n) is 11.9. The van der Waals surface area contributed by atoms with Crippen LogP contribution in [0.15, 0.2) is 36.5 Å². The zero-order valence-electron chi connectivity index (χ0n) is 56.2. The van der Waals surface area contributed by atoms with E-state index in [1.807, 2.05) is 0 Å². The molecule has 0 fully saturated rings. The molecule has 0 aliphatic rings. The molecule has 0 spiro atoms. The van der Waals surface area contributed by atoms with E-state index in [9.17, 15) is 19.8 Å². The maximum atomic E-state index is 12.6. The van der Waals surface area contributed by atoms with Crippen molar-refractivity contribution >= 4 is 11.9 Å². The first-order valence-electron chi connectivity index (χ1n) is 37.7. The molecule has 3 N–H and O–H groups in total. The average Bonchev–Trinajstić information content (AvgIpc) is 3.48. The van der Waals surface area contributed by atoms with Crippen molar-refractivity contribution in [2.75, 3.05) is 13.2 Å². The Labute approximate surface area is 519 Å². The number of ether oxygens (including phenoxy) is 1. The summed E-state index contributed by atoms with van der Waals surface area (Å²) in [6.45, 7) is 4.92. The first kappa shape index (κ1) is 81.1. The lowest BCUT2D eigenvalue weighted by atomic mass is 10.0. The van der Waals surface area contributed by atoms with Crippen LogP contribution in [0.4, 0.5) is 0 Å². The van der Waals surface area contributed by atoms with Crippen LogP contribution in [0.5, 0.6) is 0 Å². The Morgan fingerprint density at radius 1 is 0.337 bits per heavy atom. The first-order chi connectivity index (χ1) is 41.0. The predicted molar refractivity (Wildman–Crippen MR) is 366 cm³/mol. The number of rotatable bonds is 71. The van der Waals surface area contributed by atoms with Crippen LogP contribution < -0.4 is 5.32 Å². The quantitative estimate of drug-likeness (QED) is 0.0320. The number of amides is 1. The smallest absolute Gasteiger partial charge is 0.305 e. The van der Waals surface area contributed by atoms with E-state index in [4.69, 9.17) is 4.74 Å². The van der Waals surface area contributed by atoms with E-state index in [2.05, 4.69) is 55.6 Å². The Kier molecular flexibility index (Phi) is 70.9. The van der Waals surface area contributed by atoms with Crippen LogP contribution in [0.2, 0.25) is 0 Å². The largest absolute Gasteiger partial charge is 0.466 e. The molecular weight excluding hydrogens is 1020 g/mol. The summed E-state index contributed by atoms with van der Waals surface area (Å²) in [6, 6.07) is -0.543. The summed E-state index contributed by atoms with van der Waals surface area (Å²) in [6.07, 6.45) is 93.6. The van der Waals surface area contributed by atoms with Gasteiger partial charge in [0.1, 0.15) is 0 Å². The molecule has 0 aromatic heterocycles. The number of aliphatic hydroxyl groups excluding tert-OH is 2. The van der Waals surface area contributed by atoms with Gasteiger partial charge < -0.3 is 20.3 Å². The van der Waals surface area contributed by atoms with Gasteiger partial charge in [-0.1, -0.05) is 365 Å². The van der Waals surface area contributed by atoms with Crippen LogP contribution >= 0.6 is 0 Å². The lowest BCUT2D eigenvalue weighted by Gasteiger charge is -2.22. The van der Waals surface area contributed by atoms with Crippen molar-refractivity contribution in [3.8, 4) is 0 Å². The number of esters is 1. The molecule has 0 aromatic rings. The summed E-state index contributed by atoms with van der Waals surface area (Å²) in [4.78, 5) is 24.6. The maximum absolute atomic E-state index is 12.6. The van der Waals surface area contributed by atoms with Gasteiger partial charge in [-0.3, -0.25) is 9.59 Å². The third-order valence-corrected chi connectivity index (χ3v) is 17.6. The molecular formula is C77H147NO5. The molecule has 0 saturated carbocycles. The molecule has 0 aromatic carbocycles. The van der Waals surface area contributed by atoms with Gasteiger partial charge in [0.15, 0.2) is 0 Å². The summed E-state index contributed by atoms with van der Waals surface area (Å²) in [5.74, 6) is -0.0276. The fourth-order valence-corrected chi connectivity index (χ4v) is 11.9. The highest BCUT2D eigenvalue weighted by molar-refractivity contribution is 5.76. The van der Waals surface area contributed by atoms with Gasteiger partial charge in [0.2, 0.25) is 5.91 Å². The Bertz CT molecular complexity index is 1340. The molecule has 0 aliphatic heterocycles. The number of allylic oxidation sites excluding steroid dienone is 6. The van der Waals surface area contributed by atoms with E-state index in [1.165, 1.54) is 334 Å². The topological polar surface area (TPSA) is 95.9 Å². The Hall–Kier alpha value is -1.92. The summed E-state index contributed by atoms with van der Waals surface area (Å²) < 4.78 is 5.48. The van der Waals surface area contributed by atoms with Crippen molar-refractivity contribution < 1.29 is 24.5 Å². The van der Waals surface area contributed by atoms with Crippen LogP contribution in [0.3, 0.4) is 0 Å². The molecule has 0 heterocycles. The zero-order valence-corrected chi connectivity index (χ0v) is 56.2. The van der Waals surface area contributed by atoms with Gasteiger partial charge in [-0.25, -0.2) is 0 Å². The van der Waals surface area contributed by atoms with Gasteiger partial charge in [0, 0.05) is 12.8 Å². The number of hydrogen-bond donors (Lipinski definition) is 3. The number of nitrogens with one attached hydrogen (secondary N) is 1. The highest BCUT2D eigenvalue weighted by Gasteiger charge is 2.20. The highest BCUT2D eigenvalue weighted by atomic mass is 16.5. The van der Waals surface area contributed by atoms with Crippen molar-refractivity contribution in [3.05, 3.63) is 36.5 Å². The lowest BCUT2D eigenvalue weighted by Crippen LogP contribution is -2.45. The average molecular weight is 1170 g/mol. The van der Waals surface area contributed by atoms with Gasteiger partial charge >= 0.3 is 5.97 Å². The monoisotopic (exact) mass is 1170 g/mol. The SMILES string of the molecule is CCC/C=C\C/C=C\CCCCCCCC(=O)OCCCCCCCCCCCCCC/C=C\CCCCCCCCCCCCCCCC(=O)NC(CO)C(O)CCCCCCCCCCCCCCCCCCCCCCCCCC. The maximum Gasteiger partial charge on any atom is 0.305 e. The molecule has 0 radical (unpaired) electrons. The molecule has 0 bridgehead atoms. The van der Waals surface area contributed by atoms with Crippen LogP contribution in [0.25, 0.3) is 0 Å². The van der Waals surface area contributed by atoms with Crippen molar-refractivity contribution in [2.24, 2.45) is 0 Å². The highest BCUT2D eigenvalue weighted by Crippen LogP contribution is 2.19. The summed E-state index contributed by atoms with van der Waals surface area (Å²) in [5.41, 5.74) is 0. The minimum atomic E-state index is -0.666. The second-order valence-electron chi connectivity index (χ2n) is 26.0. The molecule has 0 rings (SSSR count). The Morgan fingerprint density at radius 2 is 0.627 bits per heavy atom. The van der Waals surface area contributed by atoms with E-state index in [0.29, 0.717) is 25.9 Å². The Balaban J connectivity index is 3.38. The van der Waals surface area contributed by atoms with Gasteiger partial charge in [0.05, 0.1) is 25.4 Å². The second kappa shape index (κ2) is 72.6.